The number of aliphatic hydroxyl groups excluding tert-OH is 2. The molecule has 0 aromatic heterocycles. The lowest BCUT2D eigenvalue weighted by Crippen LogP contribution is -2.45. The fourth-order valence-corrected chi connectivity index (χ4v) is 6.15. The highest BCUT2D eigenvalue weighted by atomic mass is 16.3. The van der Waals surface area contributed by atoms with Crippen molar-refractivity contribution >= 4 is 5.91 Å². The molecule has 0 radical (unpaired) electrons. The number of carbonyl (C=O) groups is 1. The van der Waals surface area contributed by atoms with Gasteiger partial charge >= 0.3 is 0 Å². The maximum atomic E-state index is 12.4. The quantitative estimate of drug-likeness (QED) is 0.0459. The molecular formula is C43H81NO3. The highest BCUT2D eigenvalue weighted by Crippen LogP contribution is 2.14. The predicted molar refractivity (Wildman–Crippen MR) is 207 cm³/mol. The second-order valence-corrected chi connectivity index (χ2v) is 14.1. The summed E-state index contributed by atoms with van der Waals surface area (Å²) in [6, 6.07) is -0.625. The van der Waals surface area contributed by atoms with Crippen molar-refractivity contribution in [3.8, 4) is 0 Å². The highest BCUT2D eigenvalue weighted by molar-refractivity contribution is 5.76. The van der Waals surface area contributed by atoms with Crippen molar-refractivity contribution in [1.29, 1.82) is 0 Å². The van der Waals surface area contributed by atoms with Crippen molar-refractivity contribution < 1.29 is 15.0 Å². The molecule has 0 aliphatic rings. The Morgan fingerprint density at radius 3 is 1.30 bits per heavy atom. The molecule has 4 heteroatoms. The molecule has 3 N–H and O–H groups in total. The summed E-state index contributed by atoms with van der Waals surface area (Å²) in [6.07, 6.45) is 50.9. The van der Waals surface area contributed by atoms with Crippen molar-refractivity contribution in [3.63, 3.8) is 0 Å². The van der Waals surface area contributed by atoms with E-state index in [-0.39, 0.29) is 12.5 Å². The summed E-state index contributed by atoms with van der Waals surface area (Å²) in [5.41, 5.74) is 0. The molecule has 47 heavy (non-hydrogen) atoms. The number of unbranched alkanes of at least 4 members (excludes halogenated alkanes) is 26. The lowest BCUT2D eigenvalue weighted by molar-refractivity contribution is -0.123. The first-order chi connectivity index (χ1) is 23.2. The van der Waals surface area contributed by atoms with E-state index >= 15 is 0 Å². The molecule has 0 aliphatic carbocycles. The number of aliphatic hydroxyl groups is 2. The van der Waals surface area contributed by atoms with Gasteiger partial charge in [0.1, 0.15) is 0 Å². The Hall–Kier alpha value is -1.39. The van der Waals surface area contributed by atoms with Crippen molar-refractivity contribution in [2.24, 2.45) is 0 Å². The zero-order chi connectivity index (χ0) is 34.3. The Bertz CT molecular complexity index is 716. The second-order valence-electron chi connectivity index (χ2n) is 14.1. The molecular weight excluding hydrogens is 578 g/mol. The summed E-state index contributed by atoms with van der Waals surface area (Å²) >= 11 is 0. The third kappa shape index (κ3) is 35.7. The van der Waals surface area contributed by atoms with Crippen LogP contribution < -0.4 is 5.32 Å². The molecule has 0 heterocycles. The van der Waals surface area contributed by atoms with Gasteiger partial charge in [-0.3, -0.25) is 4.79 Å². The Kier molecular flexibility index (Phi) is 37.9. The molecule has 276 valence electrons. The van der Waals surface area contributed by atoms with Crippen LogP contribution in [0.15, 0.2) is 36.5 Å². The summed E-state index contributed by atoms with van der Waals surface area (Å²) in [6.45, 7) is 4.29. The fourth-order valence-electron chi connectivity index (χ4n) is 6.15. The Balaban J connectivity index is 3.61. The molecule has 0 saturated heterocycles. The van der Waals surface area contributed by atoms with Gasteiger partial charge < -0.3 is 15.5 Å². The normalized spacial score (nSPS) is 13.4. The van der Waals surface area contributed by atoms with Gasteiger partial charge in [-0.1, -0.05) is 192 Å². The van der Waals surface area contributed by atoms with Crippen LogP contribution in [0.3, 0.4) is 0 Å². The van der Waals surface area contributed by atoms with Gasteiger partial charge in [-0.15, -0.1) is 0 Å². The van der Waals surface area contributed by atoms with Gasteiger partial charge in [0, 0.05) is 6.42 Å². The SMILES string of the molecule is CCCCCC/C=C\C/C=C\CCCCCCCCCC(=O)NC(CO)C(O)/C=C/CCCCCCCCCCCCCCCCC. The van der Waals surface area contributed by atoms with Crippen LogP contribution in [0.1, 0.15) is 213 Å². The minimum absolute atomic E-state index is 0.0722. The van der Waals surface area contributed by atoms with Gasteiger partial charge in [0.25, 0.3) is 0 Å². The first-order valence-corrected chi connectivity index (χ1v) is 20.7. The Labute approximate surface area is 293 Å². The average Bonchev–Trinajstić information content (AvgIpc) is 3.07. The van der Waals surface area contributed by atoms with E-state index in [4.69, 9.17) is 0 Å². The van der Waals surface area contributed by atoms with Gasteiger partial charge in [-0.2, -0.15) is 0 Å². The van der Waals surface area contributed by atoms with Crippen LogP contribution in [0.25, 0.3) is 0 Å². The third-order valence-electron chi connectivity index (χ3n) is 9.37. The zero-order valence-electron chi connectivity index (χ0n) is 31.5. The highest BCUT2D eigenvalue weighted by Gasteiger charge is 2.17. The van der Waals surface area contributed by atoms with Crippen molar-refractivity contribution in [2.75, 3.05) is 6.61 Å². The van der Waals surface area contributed by atoms with E-state index in [2.05, 4.69) is 43.5 Å². The molecule has 1 amide bonds. The van der Waals surface area contributed by atoms with Crippen LogP contribution in [0.2, 0.25) is 0 Å². The first-order valence-electron chi connectivity index (χ1n) is 20.7. The fraction of sp³-hybridized carbons (Fsp3) is 0.837. The van der Waals surface area contributed by atoms with Crippen molar-refractivity contribution in [1.82, 2.24) is 5.32 Å². The number of rotatable bonds is 37. The number of amides is 1. The molecule has 0 saturated carbocycles. The van der Waals surface area contributed by atoms with Gasteiger partial charge in [-0.05, 0) is 51.4 Å². The average molecular weight is 660 g/mol. The minimum atomic E-state index is -0.841. The lowest BCUT2D eigenvalue weighted by atomic mass is 10.0. The maximum absolute atomic E-state index is 12.4. The summed E-state index contributed by atoms with van der Waals surface area (Å²) in [7, 11) is 0. The third-order valence-corrected chi connectivity index (χ3v) is 9.37. The predicted octanol–water partition coefficient (Wildman–Crippen LogP) is 12.6. The van der Waals surface area contributed by atoms with E-state index in [1.54, 1.807) is 6.08 Å². The number of hydrogen-bond acceptors (Lipinski definition) is 3. The summed E-state index contributed by atoms with van der Waals surface area (Å²) < 4.78 is 0. The topological polar surface area (TPSA) is 69.6 Å². The molecule has 0 bridgehead atoms. The molecule has 2 atom stereocenters. The van der Waals surface area contributed by atoms with E-state index in [0.29, 0.717) is 6.42 Å². The van der Waals surface area contributed by atoms with E-state index < -0.39 is 12.1 Å². The van der Waals surface area contributed by atoms with Gasteiger partial charge in [0.15, 0.2) is 0 Å². The van der Waals surface area contributed by atoms with Crippen molar-refractivity contribution in [2.45, 2.75) is 225 Å². The molecule has 0 fully saturated rings. The summed E-state index contributed by atoms with van der Waals surface area (Å²) in [5.74, 6) is -0.0722. The smallest absolute Gasteiger partial charge is 0.220 e. The van der Waals surface area contributed by atoms with Crippen LogP contribution >= 0.6 is 0 Å². The monoisotopic (exact) mass is 660 g/mol. The number of nitrogens with one attached hydrogen (secondary N) is 1. The summed E-state index contributed by atoms with van der Waals surface area (Å²) in [5, 5.41) is 23.0. The van der Waals surface area contributed by atoms with Crippen LogP contribution in [0.5, 0.6) is 0 Å². The largest absolute Gasteiger partial charge is 0.394 e. The first kappa shape index (κ1) is 45.6. The lowest BCUT2D eigenvalue weighted by Gasteiger charge is -2.20. The molecule has 0 aromatic carbocycles. The zero-order valence-corrected chi connectivity index (χ0v) is 31.5. The van der Waals surface area contributed by atoms with Crippen LogP contribution in [-0.4, -0.2) is 34.9 Å². The van der Waals surface area contributed by atoms with Crippen molar-refractivity contribution in [3.05, 3.63) is 36.5 Å². The minimum Gasteiger partial charge on any atom is -0.394 e. The Morgan fingerprint density at radius 1 is 0.511 bits per heavy atom. The van der Waals surface area contributed by atoms with Gasteiger partial charge in [-0.25, -0.2) is 0 Å². The van der Waals surface area contributed by atoms with Crippen LogP contribution in [-0.2, 0) is 4.79 Å². The summed E-state index contributed by atoms with van der Waals surface area (Å²) in [4.78, 5) is 12.4. The van der Waals surface area contributed by atoms with Crippen LogP contribution in [0, 0.1) is 0 Å². The van der Waals surface area contributed by atoms with E-state index in [1.807, 2.05) is 6.08 Å². The Morgan fingerprint density at radius 2 is 0.872 bits per heavy atom. The number of allylic oxidation sites excluding steroid dienone is 5. The molecule has 0 aromatic rings. The number of carbonyl (C=O) groups excluding carboxylic acids is 1. The molecule has 4 nitrogen and oxygen atoms in total. The van der Waals surface area contributed by atoms with E-state index in [0.717, 1.165) is 32.1 Å². The molecule has 0 aliphatic heterocycles. The second kappa shape index (κ2) is 39.1. The van der Waals surface area contributed by atoms with Gasteiger partial charge in [0.2, 0.25) is 5.91 Å². The van der Waals surface area contributed by atoms with E-state index in [9.17, 15) is 15.0 Å². The maximum Gasteiger partial charge on any atom is 0.220 e. The molecule has 0 spiro atoms. The molecule has 2 unspecified atom stereocenters. The van der Waals surface area contributed by atoms with E-state index in [1.165, 1.54) is 161 Å². The standard InChI is InChI=1S/C43H81NO3/c1-3-5-7-9-11-13-15-17-19-21-23-25-27-29-31-33-35-37-39-43(47)44-41(40-45)42(46)38-36-34-32-30-28-26-24-22-20-18-16-14-12-10-8-6-4-2/h13,15,19,21,36,38,41-42,45-46H,3-12,14,16-18,20,22-35,37,39-40H2,1-2H3,(H,44,47)/b15-13-,21-19-,38-36+. The van der Waals surface area contributed by atoms with Gasteiger partial charge in [0.05, 0.1) is 18.8 Å². The van der Waals surface area contributed by atoms with Crippen LogP contribution in [0.4, 0.5) is 0 Å². The molecule has 0 rings (SSSR count). The number of hydrogen-bond donors (Lipinski definition) is 3.